The first-order valence-corrected chi connectivity index (χ1v) is 6.18. The third kappa shape index (κ3) is 1.69. The summed E-state index contributed by atoms with van der Waals surface area (Å²) < 4.78 is 0. The van der Waals surface area contributed by atoms with Gasteiger partial charge in [-0.25, -0.2) is 0 Å². The molecule has 1 aromatic carbocycles. The monoisotopic (exact) mass is 211 g/mol. The van der Waals surface area contributed by atoms with Crippen molar-refractivity contribution in [2.75, 3.05) is 5.32 Å². The van der Waals surface area contributed by atoms with Crippen LogP contribution in [0.1, 0.15) is 31.2 Å². The molecular formula is C15H17N. The van der Waals surface area contributed by atoms with Crippen LogP contribution in [0.3, 0.4) is 0 Å². The van der Waals surface area contributed by atoms with Gasteiger partial charge in [-0.05, 0) is 49.3 Å². The Morgan fingerprint density at radius 3 is 2.88 bits per heavy atom. The number of anilines is 1. The molecule has 0 spiro atoms. The Morgan fingerprint density at radius 2 is 2.19 bits per heavy atom. The Balaban J connectivity index is 1.72. The quantitative estimate of drug-likeness (QED) is 0.740. The lowest BCUT2D eigenvalue weighted by Gasteiger charge is -2.24. The van der Waals surface area contributed by atoms with Gasteiger partial charge in [0.1, 0.15) is 0 Å². The Kier molecular flexibility index (Phi) is 2.36. The summed E-state index contributed by atoms with van der Waals surface area (Å²) in [6.45, 7) is 0. The minimum Gasteiger partial charge on any atom is -0.382 e. The smallest absolute Gasteiger partial charge is 0.0354 e. The van der Waals surface area contributed by atoms with Gasteiger partial charge in [-0.3, -0.25) is 0 Å². The van der Waals surface area contributed by atoms with Crippen LogP contribution in [-0.2, 0) is 0 Å². The lowest BCUT2D eigenvalue weighted by molar-refractivity contribution is 0.440. The average molecular weight is 211 g/mol. The lowest BCUT2D eigenvalue weighted by Crippen LogP contribution is -2.25. The number of fused-ring (bicyclic) bond motifs is 2. The molecule has 1 nitrogen and oxygen atoms in total. The van der Waals surface area contributed by atoms with E-state index in [4.69, 9.17) is 6.42 Å². The molecular weight excluding hydrogens is 194 g/mol. The van der Waals surface area contributed by atoms with Crippen molar-refractivity contribution in [2.24, 2.45) is 11.8 Å². The summed E-state index contributed by atoms with van der Waals surface area (Å²) in [5.41, 5.74) is 2.15. The Hall–Kier alpha value is -1.42. The summed E-state index contributed by atoms with van der Waals surface area (Å²) >= 11 is 0. The van der Waals surface area contributed by atoms with Gasteiger partial charge >= 0.3 is 0 Å². The van der Waals surface area contributed by atoms with Gasteiger partial charge in [0.05, 0.1) is 0 Å². The first-order chi connectivity index (χ1) is 7.85. The van der Waals surface area contributed by atoms with E-state index in [0.717, 1.165) is 17.4 Å². The van der Waals surface area contributed by atoms with Crippen molar-refractivity contribution in [3.05, 3.63) is 29.8 Å². The molecule has 2 saturated carbocycles. The molecule has 0 aliphatic heterocycles. The SMILES string of the molecule is C#Cc1cccc(NC2CC3CCC2C3)c1. The number of hydrogen-bond acceptors (Lipinski definition) is 1. The maximum Gasteiger partial charge on any atom is 0.0354 e. The summed E-state index contributed by atoms with van der Waals surface area (Å²) in [6, 6.07) is 8.89. The Labute approximate surface area is 97.3 Å². The summed E-state index contributed by atoms with van der Waals surface area (Å²) in [7, 11) is 0. The van der Waals surface area contributed by atoms with Gasteiger partial charge in [0.15, 0.2) is 0 Å². The zero-order valence-electron chi connectivity index (χ0n) is 9.45. The van der Waals surface area contributed by atoms with Crippen LogP contribution in [0.15, 0.2) is 24.3 Å². The Morgan fingerprint density at radius 1 is 1.25 bits per heavy atom. The van der Waals surface area contributed by atoms with Gasteiger partial charge in [0.25, 0.3) is 0 Å². The number of rotatable bonds is 2. The van der Waals surface area contributed by atoms with Gasteiger partial charge < -0.3 is 5.32 Å². The van der Waals surface area contributed by atoms with Crippen molar-refractivity contribution in [3.63, 3.8) is 0 Å². The van der Waals surface area contributed by atoms with Crippen LogP contribution < -0.4 is 5.32 Å². The molecule has 3 atom stereocenters. The molecule has 0 saturated heterocycles. The van der Waals surface area contributed by atoms with E-state index in [1.165, 1.54) is 31.4 Å². The highest BCUT2D eigenvalue weighted by molar-refractivity contribution is 5.50. The summed E-state index contributed by atoms with van der Waals surface area (Å²) in [5.74, 6) is 4.57. The highest BCUT2D eigenvalue weighted by Gasteiger charge is 2.39. The van der Waals surface area contributed by atoms with Crippen LogP contribution in [0.2, 0.25) is 0 Å². The number of hydrogen-bond donors (Lipinski definition) is 1. The van der Waals surface area contributed by atoms with Crippen LogP contribution >= 0.6 is 0 Å². The van der Waals surface area contributed by atoms with Gasteiger partial charge in [0, 0.05) is 17.3 Å². The third-order valence-corrected chi connectivity index (χ3v) is 4.12. The van der Waals surface area contributed by atoms with E-state index in [-0.39, 0.29) is 0 Å². The standard InChI is InChI=1S/C15H17N/c1-2-11-4-3-5-14(9-11)16-15-10-12-6-7-13(15)8-12/h1,3-5,9,12-13,15-16H,6-8,10H2. The van der Waals surface area contributed by atoms with Crippen molar-refractivity contribution in [2.45, 2.75) is 31.7 Å². The molecule has 1 N–H and O–H groups in total. The molecule has 2 aliphatic carbocycles. The topological polar surface area (TPSA) is 12.0 Å². The van der Waals surface area contributed by atoms with E-state index in [2.05, 4.69) is 23.4 Å². The van der Waals surface area contributed by atoms with E-state index >= 15 is 0 Å². The second-order valence-electron chi connectivity index (χ2n) is 5.15. The van der Waals surface area contributed by atoms with E-state index in [1.54, 1.807) is 0 Å². The molecule has 82 valence electrons. The average Bonchev–Trinajstić information content (AvgIpc) is 2.91. The molecule has 1 aromatic rings. The van der Waals surface area contributed by atoms with E-state index in [0.29, 0.717) is 6.04 Å². The fourth-order valence-corrected chi connectivity index (χ4v) is 3.33. The zero-order chi connectivity index (χ0) is 11.0. The highest BCUT2D eigenvalue weighted by Crippen LogP contribution is 2.45. The van der Waals surface area contributed by atoms with Gasteiger partial charge in [0.2, 0.25) is 0 Å². The number of nitrogens with one attached hydrogen (secondary N) is 1. The summed E-state index contributed by atoms with van der Waals surface area (Å²) in [5, 5.41) is 3.65. The molecule has 2 bridgehead atoms. The maximum absolute atomic E-state index is 5.41. The first kappa shape index (κ1) is 9.78. The molecule has 16 heavy (non-hydrogen) atoms. The van der Waals surface area contributed by atoms with Gasteiger partial charge in [-0.2, -0.15) is 0 Å². The van der Waals surface area contributed by atoms with Crippen molar-refractivity contribution in [1.29, 1.82) is 0 Å². The van der Waals surface area contributed by atoms with Crippen molar-refractivity contribution >= 4 is 5.69 Å². The molecule has 2 fully saturated rings. The van der Waals surface area contributed by atoms with Crippen LogP contribution in [0.4, 0.5) is 5.69 Å². The van der Waals surface area contributed by atoms with Gasteiger partial charge in [-0.15, -0.1) is 6.42 Å². The number of benzene rings is 1. The van der Waals surface area contributed by atoms with Crippen molar-refractivity contribution in [3.8, 4) is 12.3 Å². The molecule has 0 heterocycles. The number of terminal acetylenes is 1. The lowest BCUT2D eigenvalue weighted by atomic mass is 9.95. The minimum absolute atomic E-state index is 0.687. The maximum atomic E-state index is 5.41. The van der Waals surface area contributed by atoms with Crippen LogP contribution in [0.5, 0.6) is 0 Å². The molecule has 0 radical (unpaired) electrons. The second-order valence-corrected chi connectivity index (χ2v) is 5.15. The molecule has 2 aliphatic rings. The first-order valence-electron chi connectivity index (χ1n) is 6.18. The van der Waals surface area contributed by atoms with Crippen LogP contribution in [0, 0.1) is 24.2 Å². The molecule has 0 amide bonds. The second kappa shape index (κ2) is 3.87. The molecule has 1 heteroatoms. The fourth-order valence-electron chi connectivity index (χ4n) is 3.33. The van der Waals surface area contributed by atoms with Crippen molar-refractivity contribution in [1.82, 2.24) is 0 Å². The highest BCUT2D eigenvalue weighted by atomic mass is 14.9. The van der Waals surface area contributed by atoms with Crippen LogP contribution in [-0.4, -0.2) is 6.04 Å². The summed E-state index contributed by atoms with van der Waals surface area (Å²) in [6.07, 6.45) is 11.1. The zero-order valence-corrected chi connectivity index (χ0v) is 9.45. The molecule has 3 unspecified atom stereocenters. The largest absolute Gasteiger partial charge is 0.382 e. The van der Waals surface area contributed by atoms with Crippen molar-refractivity contribution < 1.29 is 0 Å². The predicted octanol–water partition coefficient (Wildman–Crippen LogP) is 3.27. The van der Waals surface area contributed by atoms with E-state index in [1.807, 2.05) is 12.1 Å². The van der Waals surface area contributed by atoms with E-state index in [9.17, 15) is 0 Å². The normalized spacial score (nSPS) is 31.3. The third-order valence-electron chi connectivity index (χ3n) is 4.12. The molecule has 3 rings (SSSR count). The minimum atomic E-state index is 0.687. The van der Waals surface area contributed by atoms with Crippen LogP contribution in [0.25, 0.3) is 0 Å². The van der Waals surface area contributed by atoms with E-state index < -0.39 is 0 Å². The Bertz CT molecular complexity index is 429. The summed E-state index contributed by atoms with van der Waals surface area (Å²) in [4.78, 5) is 0. The fraction of sp³-hybridized carbons (Fsp3) is 0.467. The van der Waals surface area contributed by atoms with Gasteiger partial charge in [-0.1, -0.05) is 18.4 Å². The predicted molar refractivity (Wildman–Crippen MR) is 67.2 cm³/mol. The molecule has 0 aromatic heterocycles.